The molecule has 1 aromatic carbocycles. The maximum Gasteiger partial charge on any atom is 0.361 e. The third-order valence-corrected chi connectivity index (χ3v) is 2.61. The van der Waals surface area contributed by atoms with Gasteiger partial charge in [-0.15, -0.1) is 0 Å². The van der Waals surface area contributed by atoms with Gasteiger partial charge in [0.05, 0.1) is 20.8 Å². The van der Waals surface area contributed by atoms with Crippen molar-refractivity contribution in [3.05, 3.63) is 24.3 Å². The van der Waals surface area contributed by atoms with E-state index in [1.165, 1.54) is 21.1 Å². The molecule has 0 saturated heterocycles. The van der Waals surface area contributed by atoms with E-state index in [4.69, 9.17) is 9.47 Å². The van der Waals surface area contributed by atoms with Crippen molar-refractivity contribution in [1.82, 2.24) is 0 Å². The second-order valence-corrected chi connectivity index (χ2v) is 4.02. The Morgan fingerprint density at radius 1 is 1.00 bits per heavy atom. The van der Waals surface area contributed by atoms with E-state index in [0.29, 0.717) is 18.1 Å². The molecular formula is C14H18O6. The summed E-state index contributed by atoms with van der Waals surface area (Å²) in [7, 11) is 2.34. The van der Waals surface area contributed by atoms with E-state index in [0.717, 1.165) is 0 Å². The first-order chi connectivity index (χ1) is 9.47. The smallest absolute Gasteiger partial charge is 0.361 e. The lowest BCUT2D eigenvalue weighted by atomic mass is 10.1. The predicted octanol–water partition coefficient (Wildman–Crippen LogP) is 1.57. The third kappa shape index (κ3) is 3.40. The molecule has 110 valence electrons. The summed E-state index contributed by atoms with van der Waals surface area (Å²) >= 11 is 0. The molecule has 0 saturated carbocycles. The van der Waals surface area contributed by atoms with Crippen LogP contribution in [0.2, 0.25) is 0 Å². The Bertz CT molecular complexity index is 449. The van der Waals surface area contributed by atoms with E-state index in [9.17, 15) is 9.59 Å². The molecule has 0 fully saturated rings. The summed E-state index contributed by atoms with van der Waals surface area (Å²) in [5, 5.41) is 0. The van der Waals surface area contributed by atoms with Gasteiger partial charge in [-0.3, -0.25) is 0 Å². The lowest BCUT2D eigenvalue weighted by Crippen LogP contribution is -2.50. The van der Waals surface area contributed by atoms with Gasteiger partial charge in [0, 0.05) is 0 Å². The highest BCUT2D eigenvalue weighted by molar-refractivity contribution is 6.03. The highest BCUT2D eigenvalue weighted by Gasteiger charge is 2.46. The first-order valence-corrected chi connectivity index (χ1v) is 6.06. The summed E-state index contributed by atoms with van der Waals surface area (Å²) < 4.78 is 19.9. The van der Waals surface area contributed by atoms with Crippen molar-refractivity contribution < 1.29 is 28.5 Å². The van der Waals surface area contributed by atoms with Crippen LogP contribution in [0.3, 0.4) is 0 Å². The molecule has 0 amide bonds. The largest absolute Gasteiger partial charge is 0.494 e. The maximum absolute atomic E-state index is 11.7. The fourth-order valence-corrected chi connectivity index (χ4v) is 1.56. The Balaban J connectivity index is 2.95. The van der Waals surface area contributed by atoms with Gasteiger partial charge in [0.15, 0.2) is 0 Å². The molecule has 0 aromatic heterocycles. The standard InChI is InChI=1S/C14H18O6/c1-5-19-10-6-8-11(9-7-10)20-14(2,12(15)17-3)13(16)18-4/h6-9H,5H2,1-4H3. The molecule has 0 N–H and O–H groups in total. The van der Waals surface area contributed by atoms with Gasteiger partial charge in [-0.2, -0.15) is 0 Å². The summed E-state index contributed by atoms with van der Waals surface area (Å²) in [4.78, 5) is 23.5. The van der Waals surface area contributed by atoms with Crippen LogP contribution >= 0.6 is 0 Å². The molecule has 0 atom stereocenters. The minimum Gasteiger partial charge on any atom is -0.494 e. The van der Waals surface area contributed by atoms with Crippen molar-refractivity contribution in [2.45, 2.75) is 19.4 Å². The number of carbonyl (C=O) groups is 2. The molecule has 20 heavy (non-hydrogen) atoms. The predicted molar refractivity (Wildman–Crippen MR) is 70.7 cm³/mol. The van der Waals surface area contributed by atoms with Gasteiger partial charge in [0.25, 0.3) is 5.60 Å². The van der Waals surface area contributed by atoms with Crippen LogP contribution in [0.1, 0.15) is 13.8 Å². The van der Waals surface area contributed by atoms with Gasteiger partial charge in [0.1, 0.15) is 11.5 Å². The van der Waals surface area contributed by atoms with Gasteiger partial charge in [-0.1, -0.05) is 0 Å². The van der Waals surface area contributed by atoms with E-state index in [2.05, 4.69) is 9.47 Å². The Morgan fingerprint density at radius 2 is 1.45 bits per heavy atom. The molecule has 0 aliphatic rings. The van der Waals surface area contributed by atoms with Gasteiger partial charge >= 0.3 is 11.9 Å². The molecule has 6 heteroatoms. The van der Waals surface area contributed by atoms with Crippen LogP contribution in [0.5, 0.6) is 11.5 Å². The first-order valence-electron chi connectivity index (χ1n) is 6.06. The zero-order valence-electron chi connectivity index (χ0n) is 12.0. The number of esters is 2. The number of carbonyl (C=O) groups excluding carboxylic acids is 2. The van der Waals surface area contributed by atoms with Gasteiger partial charge in [0.2, 0.25) is 0 Å². The summed E-state index contributed by atoms with van der Waals surface area (Å²) in [6.45, 7) is 3.71. The van der Waals surface area contributed by atoms with Crippen LogP contribution in [0, 0.1) is 0 Å². The Hall–Kier alpha value is -2.24. The van der Waals surface area contributed by atoms with Crippen LogP contribution in [0.25, 0.3) is 0 Å². The van der Waals surface area contributed by atoms with E-state index in [1.54, 1.807) is 24.3 Å². The summed E-state index contributed by atoms with van der Waals surface area (Å²) in [6.07, 6.45) is 0. The topological polar surface area (TPSA) is 71.1 Å². The number of methoxy groups -OCH3 is 2. The SMILES string of the molecule is CCOc1ccc(OC(C)(C(=O)OC)C(=O)OC)cc1. The molecule has 0 bridgehead atoms. The van der Waals surface area contributed by atoms with E-state index in [-0.39, 0.29) is 0 Å². The molecule has 0 aliphatic heterocycles. The second kappa shape index (κ2) is 6.79. The Morgan fingerprint density at radius 3 is 1.85 bits per heavy atom. The van der Waals surface area contributed by atoms with Crippen LogP contribution < -0.4 is 9.47 Å². The van der Waals surface area contributed by atoms with Crippen LogP contribution in [-0.2, 0) is 19.1 Å². The fourth-order valence-electron chi connectivity index (χ4n) is 1.56. The van der Waals surface area contributed by atoms with Gasteiger partial charge in [-0.05, 0) is 38.1 Å². The number of hydrogen-bond acceptors (Lipinski definition) is 6. The van der Waals surface area contributed by atoms with E-state index < -0.39 is 17.5 Å². The van der Waals surface area contributed by atoms with E-state index >= 15 is 0 Å². The summed E-state index contributed by atoms with van der Waals surface area (Å²) in [6, 6.07) is 6.53. The van der Waals surface area contributed by atoms with Crippen molar-refractivity contribution in [3.8, 4) is 11.5 Å². The molecule has 0 heterocycles. The molecule has 1 aromatic rings. The average Bonchev–Trinajstić information content (AvgIpc) is 2.47. The summed E-state index contributed by atoms with van der Waals surface area (Å²) in [5.74, 6) is -0.680. The minimum atomic E-state index is -1.85. The molecular weight excluding hydrogens is 264 g/mol. The quantitative estimate of drug-likeness (QED) is 0.582. The van der Waals surface area contributed by atoms with Crippen LogP contribution in [0.4, 0.5) is 0 Å². The Kier molecular flexibility index (Phi) is 5.37. The van der Waals surface area contributed by atoms with Crippen molar-refractivity contribution in [2.75, 3.05) is 20.8 Å². The highest BCUT2D eigenvalue weighted by atomic mass is 16.6. The molecule has 0 unspecified atom stereocenters. The van der Waals surface area contributed by atoms with Crippen molar-refractivity contribution in [3.63, 3.8) is 0 Å². The normalized spacial score (nSPS) is 10.6. The third-order valence-electron chi connectivity index (χ3n) is 2.61. The molecule has 0 radical (unpaired) electrons. The molecule has 0 aliphatic carbocycles. The number of benzene rings is 1. The van der Waals surface area contributed by atoms with Crippen LogP contribution in [-0.4, -0.2) is 38.4 Å². The zero-order valence-corrected chi connectivity index (χ0v) is 12.0. The zero-order chi connectivity index (χ0) is 15.2. The molecule has 0 spiro atoms. The maximum atomic E-state index is 11.7. The van der Waals surface area contributed by atoms with Crippen LogP contribution in [0.15, 0.2) is 24.3 Å². The van der Waals surface area contributed by atoms with E-state index in [1.807, 2.05) is 6.92 Å². The highest BCUT2D eigenvalue weighted by Crippen LogP contribution is 2.23. The fraction of sp³-hybridized carbons (Fsp3) is 0.429. The minimum absolute atomic E-state index is 0.326. The lowest BCUT2D eigenvalue weighted by molar-refractivity contribution is -0.174. The molecule has 6 nitrogen and oxygen atoms in total. The van der Waals surface area contributed by atoms with Crippen molar-refractivity contribution >= 4 is 11.9 Å². The average molecular weight is 282 g/mol. The van der Waals surface area contributed by atoms with Gasteiger partial charge < -0.3 is 18.9 Å². The number of hydrogen-bond donors (Lipinski definition) is 0. The Labute approximate surface area is 117 Å². The number of ether oxygens (including phenoxy) is 4. The molecule has 1 rings (SSSR count). The van der Waals surface area contributed by atoms with Crippen molar-refractivity contribution in [1.29, 1.82) is 0 Å². The van der Waals surface area contributed by atoms with Crippen molar-refractivity contribution in [2.24, 2.45) is 0 Å². The lowest BCUT2D eigenvalue weighted by Gasteiger charge is -2.25. The van der Waals surface area contributed by atoms with Gasteiger partial charge in [-0.25, -0.2) is 9.59 Å². The second-order valence-electron chi connectivity index (χ2n) is 4.02. The number of rotatable bonds is 6. The summed E-state index contributed by atoms with van der Waals surface area (Å²) in [5.41, 5.74) is -1.85. The first kappa shape index (κ1) is 15.8. The monoisotopic (exact) mass is 282 g/mol.